The Morgan fingerprint density at radius 1 is 1.57 bits per heavy atom. The van der Waals surface area contributed by atoms with Gasteiger partial charge in [0.2, 0.25) is 11.4 Å². The van der Waals surface area contributed by atoms with Crippen LogP contribution in [0.25, 0.3) is 0 Å². The minimum atomic E-state index is -2.11. The Balaban J connectivity index is 2.61. The van der Waals surface area contributed by atoms with Crippen molar-refractivity contribution in [2.24, 2.45) is 0 Å². The van der Waals surface area contributed by atoms with E-state index in [1.165, 1.54) is 18.2 Å². The first-order valence-corrected chi connectivity index (χ1v) is 3.58. The van der Waals surface area contributed by atoms with E-state index in [4.69, 9.17) is 5.21 Å². The number of nitro benzene ring substituents is 1. The Labute approximate surface area is 77.1 Å². The van der Waals surface area contributed by atoms with Gasteiger partial charge in [-0.25, -0.2) is 0 Å². The number of anilines is 1. The van der Waals surface area contributed by atoms with Gasteiger partial charge < -0.3 is 5.21 Å². The molecule has 0 spiro atoms. The van der Waals surface area contributed by atoms with Gasteiger partial charge >= 0.3 is 5.69 Å². The van der Waals surface area contributed by atoms with Gasteiger partial charge in [0.1, 0.15) is 0 Å². The lowest BCUT2D eigenvalue weighted by Crippen LogP contribution is -2.35. The van der Waals surface area contributed by atoms with Crippen LogP contribution >= 0.6 is 0 Å². The average molecular weight is 199 g/mol. The summed E-state index contributed by atoms with van der Waals surface area (Å²) in [6.07, 6.45) is 0. The second-order valence-corrected chi connectivity index (χ2v) is 2.64. The van der Waals surface area contributed by atoms with E-state index in [0.717, 1.165) is 0 Å². The molecule has 14 heavy (non-hydrogen) atoms. The molecule has 0 amide bonds. The molecule has 8 heteroatoms. The molecule has 8 nitrogen and oxygen atoms in total. The molecule has 0 bridgehead atoms. The number of hydrogen-bond donors (Lipinski definition) is 2. The third-order valence-corrected chi connectivity index (χ3v) is 1.79. The molecular weight excluding hydrogens is 194 g/mol. The molecule has 74 valence electrons. The first-order valence-electron chi connectivity index (χ1n) is 3.58. The molecule has 1 aliphatic heterocycles. The van der Waals surface area contributed by atoms with Crippen molar-refractivity contribution < 1.29 is 15.1 Å². The molecule has 0 aromatic heterocycles. The maximum absolute atomic E-state index is 11.1. The summed E-state index contributed by atoms with van der Waals surface area (Å²) in [7, 11) is 0. The van der Waals surface area contributed by atoms with E-state index < -0.39 is 9.90 Å². The third kappa shape index (κ3) is 1.10. The highest BCUT2D eigenvalue weighted by atomic mass is 17.2. The van der Waals surface area contributed by atoms with Gasteiger partial charge in [0.05, 0.1) is 4.92 Å². The van der Waals surface area contributed by atoms with Crippen molar-refractivity contribution >= 4 is 17.1 Å². The highest BCUT2D eigenvalue weighted by Gasteiger charge is 2.38. The zero-order chi connectivity index (χ0) is 10.3. The molecule has 2 N–H and O–H groups in total. The summed E-state index contributed by atoms with van der Waals surface area (Å²) >= 11 is 0. The second-order valence-electron chi connectivity index (χ2n) is 2.64. The zero-order valence-electron chi connectivity index (χ0n) is 6.71. The standard InChI is InChI=1S/C6H5N3O5/c10-8(11)4-2-1-3-5-6(4)7-14-9(5,12)13/h1-3,7,12H. The minimum absolute atomic E-state index is 0.130. The van der Waals surface area contributed by atoms with E-state index in [9.17, 15) is 15.3 Å². The number of para-hydroxylation sites is 1. The van der Waals surface area contributed by atoms with Gasteiger partial charge in [-0.2, -0.15) is 10.7 Å². The van der Waals surface area contributed by atoms with Gasteiger partial charge in [-0.15, -0.1) is 0 Å². The van der Waals surface area contributed by atoms with Gasteiger partial charge in [0.25, 0.3) is 0 Å². The molecule has 0 saturated heterocycles. The summed E-state index contributed by atoms with van der Waals surface area (Å²) in [5, 5.41) is 30.6. The first-order chi connectivity index (χ1) is 6.52. The van der Waals surface area contributed by atoms with Crippen LogP contribution in [0.3, 0.4) is 0 Å². The van der Waals surface area contributed by atoms with Crippen LogP contribution in [0.4, 0.5) is 17.1 Å². The molecule has 0 aliphatic carbocycles. The fourth-order valence-corrected chi connectivity index (χ4v) is 1.18. The monoisotopic (exact) mass is 199 g/mol. The number of nitro groups is 1. The number of nitrogens with one attached hydrogen (secondary N) is 1. The van der Waals surface area contributed by atoms with E-state index in [2.05, 4.69) is 4.94 Å². The SMILES string of the molecule is O=[N+]([O-])c1cccc2c1NO[N+]2([O-])O. The van der Waals surface area contributed by atoms with Gasteiger partial charge in [-0.1, -0.05) is 0 Å². The Morgan fingerprint density at radius 3 is 2.93 bits per heavy atom. The van der Waals surface area contributed by atoms with Crippen molar-refractivity contribution in [1.82, 2.24) is 4.97 Å². The summed E-state index contributed by atoms with van der Waals surface area (Å²) in [5.74, 6) is 0. The molecule has 2 rings (SSSR count). The zero-order valence-corrected chi connectivity index (χ0v) is 6.71. The Kier molecular flexibility index (Phi) is 1.66. The highest BCUT2D eigenvalue weighted by Crippen LogP contribution is 2.41. The number of quaternary nitrogens is 1. The van der Waals surface area contributed by atoms with Crippen LogP contribution in [0.2, 0.25) is 0 Å². The van der Waals surface area contributed by atoms with Crippen molar-refractivity contribution in [1.29, 1.82) is 0 Å². The first kappa shape index (κ1) is 8.84. The van der Waals surface area contributed by atoms with E-state index in [1.807, 2.05) is 5.48 Å². The van der Waals surface area contributed by atoms with Crippen LogP contribution in [-0.2, 0) is 4.94 Å². The second kappa shape index (κ2) is 2.62. The van der Waals surface area contributed by atoms with Crippen LogP contribution in [0.5, 0.6) is 0 Å². The predicted octanol–water partition coefficient (Wildman–Crippen LogP) is 1.06. The topological polar surface area (TPSA) is 108 Å². The normalized spacial score (nSPS) is 24.1. The number of nitrogens with zero attached hydrogens (tertiary/aromatic N) is 2. The predicted molar refractivity (Wildman–Crippen MR) is 44.8 cm³/mol. The lowest BCUT2D eigenvalue weighted by atomic mass is 10.2. The summed E-state index contributed by atoms with van der Waals surface area (Å²) < 4.78 is 0. The van der Waals surface area contributed by atoms with E-state index in [-0.39, 0.29) is 17.1 Å². The summed E-state index contributed by atoms with van der Waals surface area (Å²) in [5.41, 5.74) is 1.30. The number of hydrogen-bond acceptors (Lipinski definition) is 6. The minimum Gasteiger partial charge on any atom is -0.557 e. The molecule has 1 atom stereocenters. The van der Waals surface area contributed by atoms with Crippen LogP contribution in [0, 0.1) is 15.3 Å². The lowest BCUT2D eigenvalue weighted by Gasteiger charge is -2.20. The van der Waals surface area contributed by atoms with Crippen LogP contribution in [-0.4, -0.2) is 10.1 Å². The van der Waals surface area contributed by atoms with Gasteiger partial charge in [0, 0.05) is 12.1 Å². The van der Waals surface area contributed by atoms with Gasteiger partial charge in [0.15, 0.2) is 0 Å². The van der Waals surface area contributed by atoms with Crippen LogP contribution < -0.4 is 10.5 Å². The average Bonchev–Trinajstić information content (AvgIpc) is 2.42. The number of fused-ring (bicyclic) bond motifs is 1. The molecule has 0 fully saturated rings. The van der Waals surface area contributed by atoms with Gasteiger partial charge in [-0.3, -0.25) is 10.1 Å². The lowest BCUT2D eigenvalue weighted by molar-refractivity contribution is -0.384. The summed E-state index contributed by atoms with van der Waals surface area (Å²) in [6, 6.07) is 3.71. The maximum Gasteiger partial charge on any atom is 0.301 e. The highest BCUT2D eigenvalue weighted by molar-refractivity contribution is 5.77. The fraction of sp³-hybridized carbons (Fsp3) is 0. The molecular formula is C6H5N3O5. The summed E-state index contributed by atoms with van der Waals surface area (Å²) in [6.45, 7) is 0. The van der Waals surface area contributed by atoms with Crippen molar-refractivity contribution in [3.63, 3.8) is 0 Å². The Hall–Kier alpha value is -1.74. The number of rotatable bonds is 1. The maximum atomic E-state index is 11.1. The van der Waals surface area contributed by atoms with Gasteiger partial charge in [-0.05, 0) is 16.0 Å². The molecule has 1 aromatic rings. The molecule has 1 unspecified atom stereocenters. The smallest absolute Gasteiger partial charge is 0.301 e. The number of benzene rings is 1. The molecule has 0 radical (unpaired) electrons. The quantitative estimate of drug-likeness (QED) is 0.303. The molecule has 0 saturated carbocycles. The van der Waals surface area contributed by atoms with Crippen molar-refractivity contribution in [3.05, 3.63) is 33.5 Å². The Bertz CT molecular complexity index is 404. The molecule has 1 heterocycles. The summed E-state index contributed by atoms with van der Waals surface area (Å²) in [4.78, 5) is 11.9. The van der Waals surface area contributed by atoms with Crippen LogP contribution in [0.1, 0.15) is 0 Å². The van der Waals surface area contributed by atoms with E-state index in [0.29, 0.717) is 0 Å². The van der Waals surface area contributed by atoms with Crippen molar-refractivity contribution in [3.8, 4) is 0 Å². The Morgan fingerprint density at radius 2 is 2.29 bits per heavy atom. The van der Waals surface area contributed by atoms with Crippen molar-refractivity contribution in [2.75, 3.05) is 5.48 Å². The van der Waals surface area contributed by atoms with Crippen molar-refractivity contribution in [2.45, 2.75) is 0 Å². The molecule has 1 aliphatic rings. The third-order valence-electron chi connectivity index (χ3n) is 1.79. The van der Waals surface area contributed by atoms with E-state index >= 15 is 0 Å². The van der Waals surface area contributed by atoms with E-state index in [1.54, 1.807) is 0 Å². The molecule has 1 aromatic carbocycles. The van der Waals surface area contributed by atoms with Crippen LogP contribution in [0.15, 0.2) is 18.2 Å². The largest absolute Gasteiger partial charge is 0.557 e. The fourth-order valence-electron chi connectivity index (χ4n) is 1.18.